The number of hydrogen-bond acceptors (Lipinski definition) is 5. The Morgan fingerprint density at radius 1 is 0.929 bits per heavy atom. The van der Waals surface area contributed by atoms with Crippen molar-refractivity contribution in [1.29, 1.82) is 0 Å². The maximum Gasteiger partial charge on any atom is 0.272 e. The van der Waals surface area contributed by atoms with Gasteiger partial charge in [-0.1, -0.05) is 18.2 Å². The number of hydrogen-bond donors (Lipinski definition) is 0. The van der Waals surface area contributed by atoms with E-state index in [9.17, 15) is 4.79 Å². The van der Waals surface area contributed by atoms with Gasteiger partial charge in [-0.2, -0.15) is 0 Å². The third-order valence-electron chi connectivity index (χ3n) is 5.47. The highest BCUT2D eigenvalue weighted by Gasteiger charge is 2.17. The van der Waals surface area contributed by atoms with Crippen molar-refractivity contribution >= 4 is 16.9 Å². The van der Waals surface area contributed by atoms with Crippen LogP contribution in [-0.4, -0.2) is 52.2 Å². The van der Waals surface area contributed by atoms with Gasteiger partial charge in [0.1, 0.15) is 11.5 Å². The van der Waals surface area contributed by atoms with E-state index in [1.165, 1.54) is 0 Å². The van der Waals surface area contributed by atoms with Crippen molar-refractivity contribution in [3.8, 4) is 0 Å². The van der Waals surface area contributed by atoms with Crippen LogP contribution in [0.1, 0.15) is 18.5 Å². The van der Waals surface area contributed by atoms with Gasteiger partial charge in [-0.3, -0.25) is 9.69 Å². The van der Waals surface area contributed by atoms with Crippen LogP contribution in [0.4, 0.5) is 5.82 Å². The Morgan fingerprint density at radius 3 is 2.46 bits per heavy atom. The van der Waals surface area contributed by atoms with Crippen molar-refractivity contribution in [2.45, 2.75) is 26.3 Å². The molecule has 0 N–H and O–H groups in total. The lowest BCUT2D eigenvalue weighted by molar-refractivity contribution is 0.251. The maximum atomic E-state index is 12.5. The Bertz CT molecular complexity index is 977. The predicted octanol–water partition coefficient (Wildman–Crippen LogP) is 2.70. The average Bonchev–Trinajstić information content (AvgIpc) is 2.74. The normalized spacial score (nSPS) is 15.2. The Kier molecular flexibility index (Phi) is 5.67. The molecule has 0 radical (unpaired) electrons. The van der Waals surface area contributed by atoms with Gasteiger partial charge in [0.25, 0.3) is 5.56 Å². The van der Waals surface area contributed by atoms with Crippen LogP contribution in [-0.2, 0) is 6.54 Å². The van der Waals surface area contributed by atoms with Crippen molar-refractivity contribution in [3.63, 3.8) is 0 Å². The highest BCUT2D eigenvalue weighted by Crippen LogP contribution is 2.14. The lowest BCUT2D eigenvalue weighted by atomic mass is 10.2. The summed E-state index contributed by atoms with van der Waals surface area (Å²) in [5.41, 5.74) is 2.43. The molecule has 1 fully saturated rings. The first-order valence-electron chi connectivity index (χ1n) is 10.1. The van der Waals surface area contributed by atoms with Crippen molar-refractivity contribution in [3.05, 3.63) is 64.7 Å². The second-order valence-electron chi connectivity index (χ2n) is 7.37. The number of nitrogens with zero attached hydrogens (tertiary/aromatic N) is 5. The molecule has 4 rings (SSSR count). The summed E-state index contributed by atoms with van der Waals surface area (Å²) < 4.78 is 1.89. The van der Waals surface area contributed by atoms with Gasteiger partial charge in [0.2, 0.25) is 0 Å². The molecule has 1 aliphatic heterocycles. The minimum atomic E-state index is 0.0303. The van der Waals surface area contributed by atoms with Crippen LogP contribution in [0.25, 0.3) is 11.0 Å². The summed E-state index contributed by atoms with van der Waals surface area (Å²) in [5, 5.41) is 0. The van der Waals surface area contributed by atoms with Gasteiger partial charge in [0.05, 0.1) is 11.0 Å². The van der Waals surface area contributed by atoms with Gasteiger partial charge < -0.3 is 9.47 Å². The standard InChI is InChI=1S/C22H27N5O/c1-18-22(28)27(20-9-3-2-8-19(20)24-18)13-7-6-12-25-14-16-26(17-15-25)21-10-4-5-11-23-21/h2-5,8-11H,6-7,12-17H2,1H3. The fraction of sp³-hybridized carbons (Fsp3) is 0.409. The molecular formula is C22H27N5O. The zero-order chi connectivity index (χ0) is 19.3. The molecule has 28 heavy (non-hydrogen) atoms. The van der Waals surface area contributed by atoms with Crippen LogP contribution in [0, 0.1) is 6.92 Å². The van der Waals surface area contributed by atoms with E-state index in [1.54, 1.807) is 6.92 Å². The topological polar surface area (TPSA) is 54.3 Å². The number of piperazine rings is 1. The minimum absolute atomic E-state index is 0.0303. The molecule has 0 atom stereocenters. The summed E-state index contributed by atoms with van der Waals surface area (Å²) in [5.74, 6) is 1.07. The van der Waals surface area contributed by atoms with E-state index in [4.69, 9.17) is 0 Å². The van der Waals surface area contributed by atoms with E-state index < -0.39 is 0 Å². The van der Waals surface area contributed by atoms with Gasteiger partial charge in [0, 0.05) is 38.9 Å². The zero-order valence-corrected chi connectivity index (χ0v) is 16.4. The Hall–Kier alpha value is -2.73. The number of pyridine rings is 1. The number of anilines is 1. The lowest BCUT2D eigenvalue weighted by Gasteiger charge is -2.35. The fourth-order valence-corrected chi connectivity index (χ4v) is 3.89. The molecule has 0 amide bonds. The summed E-state index contributed by atoms with van der Waals surface area (Å²) in [6.45, 7) is 7.78. The molecule has 3 heterocycles. The first-order valence-corrected chi connectivity index (χ1v) is 10.1. The molecule has 6 heteroatoms. The Morgan fingerprint density at radius 2 is 1.68 bits per heavy atom. The van der Waals surface area contributed by atoms with Gasteiger partial charge >= 0.3 is 0 Å². The summed E-state index contributed by atoms with van der Waals surface area (Å²) in [4.78, 5) is 26.3. The van der Waals surface area contributed by atoms with E-state index in [-0.39, 0.29) is 5.56 Å². The number of benzene rings is 1. The molecule has 2 aromatic heterocycles. The van der Waals surface area contributed by atoms with E-state index >= 15 is 0 Å². The third kappa shape index (κ3) is 4.07. The molecule has 0 unspecified atom stereocenters. The molecule has 1 aliphatic rings. The number of unbranched alkanes of at least 4 members (excludes halogenated alkanes) is 1. The minimum Gasteiger partial charge on any atom is -0.354 e. The zero-order valence-electron chi connectivity index (χ0n) is 16.4. The number of aryl methyl sites for hydroxylation is 2. The second-order valence-corrected chi connectivity index (χ2v) is 7.37. The quantitative estimate of drug-likeness (QED) is 0.618. The monoisotopic (exact) mass is 377 g/mol. The van der Waals surface area contributed by atoms with Crippen LogP contribution >= 0.6 is 0 Å². The molecule has 146 valence electrons. The molecule has 1 saturated heterocycles. The first kappa shape index (κ1) is 18.6. The smallest absolute Gasteiger partial charge is 0.272 e. The van der Waals surface area contributed by atoms with Crippen molar-refractivity contribution in [1.82, 2.24) is 19.4 Å². The third-order valence-corrected chi connectivity index (χ3v) is 5.47. The van der Waals surface area contributed by atoms with Gasteiger partial charge in [-0.15, -0.1) is 0 Å². The molecule has 0 aliphatic carbocycles. The van der Waals surface area contributed by atoms with E-state index in [2.05, 4.69) is 25.8 Å². The molecule has 1 aromatic carbocycles. The maximum absolute atomic E-state index is 12.5. The highest BCUT2D eigenvalue weighted by molar-refractivity contribution is 5.74. The van der Waals surface area contributed by atoms with Gasteiger partial charge in [-0.05, 0) is 50.6 Å². The lowest BCUT2D eigenvalue weighted by Crippen LogP contribution is -2.46. The van der Waals surface area contributed by atoms with Crippen LogP contribution in [0.3, 0.4) is 0 Å². The fourth-order valence-electron chi connectivity index (χ4n) is 3.89. The van der Waals surface area contributed by atoms with Gasteiger partial charge in [0.15, 0.2) is 0 Å². The number of fused-ring (bicyclic) bond motifs is 1. The summed E-state index contributed by atoms with van der Waals surface area (Å²) in [7, 11) is 0. The summed E-state index contributed by atoms with van der Waals surface area (Å²) >= 11 is 0. The molecule has 0 spiro atoms. The molecule has 0 saturated carbocycles. The first-order chi connectivity index (χ1) is 13.7. The van der Waals surface area contributed by atoms with E-state index in [0.29, 0.717) is 5.69 Å². The van der Waals surface area contributed by atoms with Crippen LogP contribution in [0.15, 0.2) is 53.5 Å². The SMILES string of the molecule is Cc1nc2ccccc2n(CCCCN2CCN(c3ccccn3)CC2)c1=O. The Labute approximate surface area is 165 Å². The number of para-hydroxylation sites is 2. The predicted molar refractivity (Wildman–Crippen MR) is 113 cm³/mol. The second kappa shape index (κ2) is 8.52. The highest BCUT2D eigenvalue weighted by atomic mass is 16.1. The number of rotatable bonds is 6. The molecular weight excluding hydrogens is 350 g/mol. The van der Waals surface area contributed by atoms with Crippen molar-refractivity contribution in [2.75, 3.05) is 37.6 Å². The summed E-state index contributed by atoms with van der Waals surface area (Å²) in [6, 6.07) is 14.0. The van der Waals surface area contributed by atoms with Crippen molar-refractivity contribution in [2.24, 2.45) is 0 Å². The molecule has 6 nitrogen and oxygen atoms in total. The number of aromatic nitrogens is 3. The molecule has 3 aromatic rings. The van der Waals surface area contributed by atoms with E-state index in [1.807, 2.05) is 47.2 Å². The van der Waals surface area contributed by atoms with Gasteiger partial charge in [-0.25, -0.2) is 9.97 Å². The average molecular weight is 377 g/mol. The van der Waals surface area contributed by atoms with Crippen LogP contribution < -0.4 is 10.5 Å². The van der Waals surface area contributed by atoms with E-state index in [0.717, 1.165) is 69.0 Å². The van der Waals surface area contributed by atoms with Crippen molar-refractivity contribution < 1.29 is 0 Å². The Balaban J connectivity index is 1.29. The van der Waals surface area contributed by atoms with Crippen LogP contribution in [0.2, 0.25) is 0 Å². The summed E-state index contributed by atoms with van der Waals surface area (Å²) in [6.07, 6.45) is 3.94. The largest absolute Gasteiger partial charge is 0.354 e. The van der Waals surface area contributed by atoms with Crippen LogP contribution in [0.5, 0.6) is 0 Å². The molecule has 0 bridgehead atoms.